The number of amides is 1. The van der Waals surface area contributed by atoms with Crippen LogP contribution >= 0.6 is 0 Å². The van der Waals surface area contributed by atoms with Gasteiger partial charge in [0.05, 0.1) is 7.11 Å². The molecular weight excluding hydrogens is 210 g/mol. The van der Waals surface area contributed by atoms with Gasteiger partial charge in [0.15, 0.2) is 0 Å². The molecule has 2 N–H and O–H groups in total. The van der Waals surface area contributed by atoms with E-state index in [-0.39, 0.29) is 0 Å². The number of primary amides is 1. The summed E-state index contributed by atoms with van der Waals surface area (Å²) < 4.78 is 9.81. The first-order valence-electron chi connectivity index (χ1n) is 4.45. The molecule has 5 nitrogen and oxygen atoms in total. The number of esters is 1. The van der Waals surface area contributed by atoms with E-state index in [0.29, 0.717) is 11.5 Å². The number of hydrogen-bond acceptors (Lipinski definition) is 4. The van der Waals surface area contributed by atoms with E-state index in [1.54, 1.807) is 24.3 Å². The van der Waals surface area contributed by atoms with E-state index in [4.69, 9.17) is 15.2 Å². The molecule has 16 heavy (non-hydrogen) atoms. The van der Waals surface area contributed by atoms with Crippen molar-refractivity contribution >= 4 is 11.9 Å². The number of carbonyl (C=O) groups is 2. The predicted molar refractivity (Wildman–Crippen MR) is 57.0 cm³/mol. The third-order valence-electron chi connectivity index (χ3n) is 1.66. The van der Waals surface area contributed by atoms with E-state index < -0.39 is 11.9 Å². The Bertz CT molecular complexity index is 408. The SMILES string of the molecule is COc1ccc(OC(=O)/C=C\C(N)=O)cc1. The number of hydrogen-bond donors (Lipinski definition) is 1. The number of nitrogens with two attached hydrogens (primary N) is 1. The molecule has 0 saturated carbocycles. The summed E-state index contributed by atoms with van der Waals surface area (Å²) in [5.41, 5.74) is 4.82. The average molecular weight is 221 g/mol. The lowest BCUT2D eigenvalue weighted by atomic mass is 10.3. The van der Waals surface area contributed by atoms with Crippen molar-refractivity contribution in [2.24, 2.45) is 5.73 Å². The van der Waals surface area contributed by atoms with Gasteiger partial charge in [-0.05, 0) is 24.3 Å². The van der Waals surface area contributed by atoms with Gasteiger partial charge < -0.3 is 15.2 Å². The van der Waals surface area contributed by atoms with Crippen molar-refractivity contribution in [3.8, 4) is 11.5 Å². The van der Waals surface area contributed by atoms with Gasteiger partial charge in [0.25, 0.3) is 0 Å². The molecule has 0 aliphatic rings. The van der Waals surface area contributed by atoms with E-state index in [1.807, 2.05) is 0 Å². The highest BCUT2D eigenvalue weighted by molar-refractivity contribution is 5.94. The normalized spacial score (nSPS) is 10.1. The van der Waals surface area contributed by atoms with E-state index in [9.17, 15) is 9.59 Å². The molecular formula is C11H11NO4. The Labute approximate surface area is 92.5 Å². The molecule has 0 atom stereocenters. The van der Waals surface area contributed by atoms with E-state index >= 15 is 0 Å². The van der Waals surface area contributed by atoms with E-state index in [0.717, 1.165) is 12.2 Å². The van der Waals surface area contributed by atoms with Gasteiger partial charge in [-0.15, -0.1) is 0 Å². The van der Waals surface area contributed by atoms with Crippen LogP contribution in [0, 0.1) is 0 Å². The predicted octanol–water partition coefficient (Wildman–Crippen LogP) is 0.642. The summed E-state index contributed by atoms with van der Waals surface area (Å²) in [7, 11) is 1.54. The number of ether oxygens (including phenoxy) is 2. The highest BCUT2D eigenvalue weighted by Crippen LogP contribution is 2.16. The van der Waals surface area contributed by atoms with Crippen molar-refractivity contribution in [2.45, 2.75) is 0 Å². The standard InChI is InChI=1S/C11H11NO4/c1-15-8-2-4-9(5-3-8)16-11(14)7-6-10(12)13/h2-7H,1H3,(H2,12,13)/b7-6-. The van der Waals surface area contributed by atoms with Crippen molar-refractivity contribution in [3.63, 3.8) is 0 Å². The minimum atomic E-state index is -0.702. The molecule has 1 aromatic rings. The summed E-state index contributed by atoms with van der Waals surface area (Å²) in [5, 5.41) is 0. The Balaban J connectivity index is 2.59. The molecule has 0 radical (unpaired) electrons. The van der Waals surface area contributed by atoms with Crippen LogP contribution in [0.3, 0.4) is 0 Å². The second-order valence-corrected chi connectivity index (χ2v) is 2.83. The van der Waals surface area contributed by atoms with Gasteiger partial charge in [0, 0.05) is 12.2 Å². The van der Waals surface area contributed by atoms with Crippen LogP contribution in [-0.2, 0) is 9.59 Å². The van der Waals surface area contributed by atoms with Crippen LogP contribution in [0.1, 0.15) is 0 Å². The molecule has 0 aliphatic carbocycles. The van der Waals surface area contributed by atoms with Crippen LogP contribution in [0.15, 0.2) is 36.4 Å². The molecule has 0 spiro atoms. The molecule has 1 rings (SSSR count). The van der Waals surface area contributed by atoms with Crippen molar-refractivity contribution < 1.29 is 19.1 Å². The zero-order valence-corrected chi connectivity index (χ0v) is 8.67. The summed E-state index contributed by atoms with van der Waals surface area (Å²) in [6.45, 7) is 0. The fraction of sp³-hybridized carbons (Fsp3) is 0.0909. The Hall–Kier alpha value is -2.30. The minimum absolute atomic E-state index is 0.361. The zero-order chi connectivity index (χ0) is 12.0. The molecule has 0 unspecified atom stereocenters. The Kier molecular flexibility index (Phi) is 4.08. The lowest BCUT2D eigenvalue weighted by Crippen LogP contribution is -2.09. The van der Waals surface area contributed by atoms with Gasteiger partial charge in [-0.25, -0.2) is 4.79 Å². The fourth-order valence-corrected chi connectivity index (χ4v) is 0.944. The molecule has 84 valence electrons. The molecule has 0 aliphatic heterocycles. The summed E-state index contributed by atoms with van der Waals surface area (Å²) in [6, 6.07) is 6.46. The first kappa shape index (κ1) is 11.8. The monoisotopic (exact) mass is 221 g/mol. The molecule has 0 aromatic heterocycles. The Morgan fingerprint density at radius 1 is 1.12 bits per heavy atom. The molecule has 1 amide bonds. The first-order chi connectivity index (χ1) is 7.61. The Morgan fingerprint density at radius 3 is 2.19 bits per heavy atom. The molecule has 0 heterocycles. The number of carbonyl (C=O) groups excluding carboxylic acids is 2. The highest BCUT2D eigenvalue weighted by atomic mass is 16.5. The first-order valence-corrected chi connectivity index (χ1v) is 4.45. The highest BCUT2D eigenvalue weighted by Gasteiger charge is 2.00. The largest absolute Gasteiger partial charge is 0.497 e. The lowest BCUT2D eigenvalue weighted by Gasteiger charge is -2.02. The summed E-state index contributed by atoms with van der Waals surface area (Å²) in [4.78, 5) is 21.5. The van der Waals surface area contributed by atoms with E-state index in [1.165, 1.54) is 7.11 Å². The molecule has 0 saturated heterocycles. The minimum Gasteiger partial charge on any atom is -0.497 e. The lowest BCUT2D eigenvalue weighted by molar-refractivity contribution is -0.129. The van der Waals surface area contributed by atoms with Gasteiger partial charge in [-0.1, -0.05) is 0 Å². The van der Waals surface area contributed by atoms with Crippen LogP contribution in [0.4, 0.5) is 0 Å². The maximum atomic E-state index is 11.1. The maximum Gasteiger partial charge on any atom is 0.336 e. The van der Waals surface area contributed by atoms with Gasteiger partial charge >= 0.3 is 5.97 Å². The van der Waals surface area contributed by atoms with Crippen LogP contribution in [0.5, 0.6) is 11.5 Å². The quantitative estimate of drug-likeness (QED) is 0.459. The third kappa shape index (κ3) is 3.83. The van der Waals surface area contributed by atoms with Crippen molar-refractivity contribution in [1.29, 1.82) is 0 Å². The van der Waals surface area contributed by atoms with Crippen LogP contribution in [-0.4, -0.2) is 19.0 Å². The third-order valence-corrected chi connectivity index (χ3v) is 1.66. The smallest absolute Gasteiger partial charge is 0.336 e. The van der Waals surface area contributed by atoms with Gasteiger partial charge in [0.2, 0.25) is 5.91 Å². The number of benzene rings is 1. The average Bonchev–Trinajstić information content (AvgIpc) is 2.27. The van der Waals surface area contributed by atoms with Gasteiger partial charge in [-0.2, -0.15) is 0 Å². The molecule has 0 fully saturated rings. The topological polar surface area (TPSA) is 78.6 Å². The summed E-state index contributed by atoms with van der Waals surface area (Å²) in [5.74, 6) is -0.344. The second kappa shape index (κ2) is 5.55. The van der Waals surface area contributed by atoms with Crippen molar-refractivity contribution in [3.05, 3.63) is 36.4 Å². The number of rotatable bonds is 4. The summed E-state index contributed by atoms with van der Waals surface area (Å²) >= 11 is 0. The van der Waals surface area contributed by atoms with Crippen LogP contribution in [0.25, 0.3) is 0 Å². The van der Waals surface area contributed by atoms with Crippen LogP contribution in [0.2, 0.25) is 0 Å². The van der Waals surface area contributed by atoms with Gasteiger partial charge in [-0.3, -0.25) is 4.79 Å². The van der Waals surface area contributed by atoms with E-state index in [2.05, 4.69) is 0 Å². The van der Waals surface area contributed by atoms with Crippen LogP contribution < -0.4 is 15.2 Å². The zero-order valence-electron chi connectivity index (χ0n) is 8.67. The molecule has 1 aromatic carbocycles. The molecule has 0 bridgehead atoms. The molecule has 5 heteroatoms. The van der Waals surface area contributed by atoms with Crippen molar-refractivity contribution in [2.75, 3.05) is 7.11 Å². The number of methoxy groups -OCH3 is 1. The van der Waals surface area contributed by atoms with Crippen molar-refractivity contribution in [1.82, 2.24) is 0 Å². The second-order valence-electron chi connectivity index (χ2n) is 2.83. The Morgan fingerprint density at radius 2 is 1.69 bits per heavy atom. The summed E-state index contributed by atoms with van der Waals surface area (Å²) in [6.07, 6.45) is 1.90. The van der Waals surface area contributed by atoms with Gasteiger partial charge in [0.1, 0.15) is 11.5 Å². The maximum absolute atomic E-state index is 11.1. The fourth-order valence-electron chi connectivity index (χ4n) is 0.944.